The van der Waals surface area contributed by atoms with Crippen LogP contribution in [0.5, 0.6) is 0 Å². The molecule has 0 unspecified atom stereocenters. The quantitative estimate of drug-likeness (QED) is 0.784. The van der Waals surface area contributed by atoms with E-state index in [-0.39, 0.29) is 33.8 Å². The highest BCUT2D eigenvalue weighted by molar-refractivity contribution is 6.49. The van der Waals surface area contributed by atoms with Crippen molar-refractivity contribution in [3.8, 4) is 0 Å². The zero-order valence-corrected chi connectivity index (χ0v) is 15.9. The molecule has 0 radical (unpaired) electrons. The van der Waals surface area contributed by atoms with E-state index in [1.54, 1.807) is 17.7 Å². The molecule has 0 saturated heterocycles. The molecule has 1 aromatic rings. The summed E-state index contributed by atoms with van der Waals surface area (Å²) >= 11 is 6.01. The number of nitrogens with two attached hydrogens (primary N) is 1. The van der Waals surface area contributed by atoms with Gasteiger partial charge < -0.3 is 11.1 Å². The largest absolute Gasteiger partial charge is 0.396 e. The Morgan fingerprint density at radius 1 is 1.24 bits per heavy atom. The summed E-state index contributed by atoms with van der Waals surface area (Å²) in [6.07, 6.45) is 1.56. The Morgan fingerprint density at radius 3 is 2.36 bits per heavy atom. The van der Waals surface area contributed by atoms with Crippen molar-refractivity contribution in [1.29, 1.82) is 0 Å². The molecule has 1 aliphatic rings. The smallest absolute Gasteiger partial charge is 0.294 e. The number of anilines is 1. The average Bonchev–Trinajstić information content (AvgIpc) is 2.81. The number of ketones is 1. The minimum atomic E-state index is -0.323. The number of allylic oxidation sites excluding steroid dienone is 3. The van der Waals surface area contributed by atoms with Crippen molar-refractivity contribution < 1.29 is 4.79 Å². The molecule has 0 bridgehead atoms. The van der Waals surface area contributed by atoms with Gasteiger partial charge in [0.2, 0.25) is 5.78 Å². The number of nitrogens with one attached hydrogen (secondary N) is 1. The number of rotatable bonds is 5. The van der Waals surface area contributed by atoms with Gasteiger partial charge in [0.05, 0.1) is 11.4 Å². The fourth-order valence-corrected chi connectivity index (χ4v) is 2.95. The molecule has 0 fully saturated rings. The predicted octanol–water partition coefficient (Wildman–Crippen LogP) is 2.52. The summed E-state index contributed by atoms with van der Waals surface area (Å²) in [6, 6.07) is 0.116. The topological polar surface area (TPSA) is 94.4 Å². The number of Topliss-reactive ketones (excluding diaryl/α,β-unsaturated/α-hetero) is 1. The first kappa shape index (κ1) is 19.1. The third-order valence-electron chi connectivity index (χ3n) is 3.89. The first-order valence-electron chi connectivity index (χ1n) is 8.30. The van der Waals surface area contributed by atoms with E-state index in [9.17, 15) is 9.59 Å². The molecule has 7 nitrogen and oxygen atoms in total. The number of aromatic nitrogens is 2. The standard InChI is InChI=1S/C17H24ClN5O2/c1-6-22-16(20-9(3)4)14(17(25)23(22)7-2)21-11-8-10(5)15(24)12(18)13(11)19/h8-9,20H,6-7,19H2,1-5H3. The van der Waals surface area contributed by atoms with Crippen molar-refractivity contribution >= 4 is 34.6 Å². The second kappa shape index (κ2) is 7.31. The highest BCUT2D eigenvalue weighted by Gasteiger charge is 2.24. The highest BCUT2D eigenvalue weighted by Crippen LogP contribution is 2.27. The maximum Gasteiger partial charge on any atom is 0.294 e. The summed E-state index contributed by atoms with van der Waals surface area (Å²) in [7, 11) is 0. The zero-order valence-electron chi connectivity index (χ0n) is 15.2. The van der Waals surface area contributed by atoms with Crippen LogP contribution >= 0.6 is 11.6 Å². The van der Waals surface area contributed by atoms with Crippen molar-refractivity contribution in [3.63, 3.8) is 0 Å². The van der Waals surface area contributed by atoms with Crippen molar-refractivity contribution in [2.45, 2.75) is 53.8 Å². The molecule has 0 saturated carbocycles. The number of hydrogen-bond acceptors (Lipinski definition) is 5. The molecule has 0 aliphatic heterocycles. The van der Waals surface area contributed by atoms with Crippen LogP contribution in [-0.2, 0) is 17.9 Å². The summed E-state index contributed by atoms with van der Waals surface area (Å²) < 4.78 is 3.48. The van der Waals surface area contributed by atoms with Crippen LogP contribution in [-0.4, -0.2) is 26.9 Å². The summed E-state index contributed by atoms with van der Waals surface area (Å²) in [5.41, 5.74) is 6.83. The predicted molar refractivity (Wildman–Crippen MR) is 102 cm³/mol. The Kier molecular flexibility index (Phi) is 5.57. The van der Waals surface area contributed by atoms with Gasteiger partial charge in [0.15, 0.2) is 11.5 Å². The Morgan fingerprint density at radius 2 is 1.84 bits per heavy atom. The lowest BCUT2D eigenvalue weighted by Crippen LogP contribution is -2.23. The van der Waals surface area contributed by atoms with Gasteiger partial charge in [0, 0.05) is 24.7 Å². The number of hydrogen-bond donors (Lipinski definition) is 2. The van der Waals surface area contributed by atoms with E-state index in [1.165, 1.54) is 0 Å². The maximum atomic E-state index is 12.8. The van der Waals surface area contributed by atoms with E-state index in [1.807, 2.05) is 32.4 Å². The number of halogens is 1. The lowest BCUT2D eigenvalue weighted by Gasteiger charge is -2.16. The van der Waals surface area contributed by atoms with E-state index in [4.69, 9.17) is 17.3 Å². The lowest BCUT2D eigenvalue weighted by atomic mass is 10.0. The Bertz CT molecular complexity index is 855. The molecule has 0 aromatic carbocycles. The molecule has 8 heteroatoms. The number of nitrogens with zero attached hydrogens (tertiary/aromatic N) is 3. The van der Waals surface area contributed by atoms with Crippen molar-refractivity contribution in [1.82, 2.24) is 9.36 Å². The van der Waals surface area contributed by atoms with Gasteiger partial charge >= 0.3 is 0 Å². The molecule has 25 heavy (non-hydrogen) atoms. The minimum Gasteiger partial charge on any atom is -0.396 e. The van der Waals surface area contributed by atoms with Crippen LogP contribution in [0.1, 0.15) is 34.6 Å². The van der Waals surface area contributed by atoms with Crippen LogP contribution in [0.15, 0.2) is 32.2 Å². The average molecular weight is 366 g/mol. The zero-order chi connectivity index (χ0) is 18.9. The Balaban J connectivity index is 2.73. The van der Waals surface area contributed by atoms with E-state index in [0.717, 1.165) is 0 Å². The highest BCUT2D eigenvalue weighted by atomic mass is 35.5. The van der Waals surface area contributed by atoms with Crippen molar-refractivity contribution in [2.75, 3.05) is 5.32 Å². The van der Waals surface area contributed by atoms with Crippen LogP contribution < -0.4 is 16.6 Å². The third-order valence-corrected chi connectivity index (χ3v) is 4.27. The van der Waals surface area contributed by atoms with Crippen LogP contribution in [0.4, 0.5) is 11.5 Å². The molecule has 1 aromatic heterocycles. The molecular formula is C17H24ClN5O2. The van der Waals surface area contributed by atoms with Gasteiger partial charge in [-0.15, -0.1) is 0 Å². The number of aliphatic imine (C=N–C) groups is 1. The number of carbonyl (C=O) groups is 1. The van der Waals surface area contributed by atoms with Gasteiger partial charge in [-0.25, -0.2) is 9.67 Å². The van der Waals surface area contributed by atoms with Gasteiger partial charge in [-0.05, 0) is 40.7 Å². The van der Waals surface area contributed by atoms with E-state index >= 15 is 0 Å². The van der Waals surface area contributed by atoms with Gasteiger partial charge in [0.25, 0.3) is 5.56 Å². The molecule has 2 rings (SSSR count). The van der Waals surface area contributed by atoms with Crippen LogP contribution in [0, 0.1) is 0 Å². The lowest BCUT2D eigenvalue weighted by molar-refractivity contribution is -0.111. The summed E-state index contributed by atoms with van der Waals surface area (Å²) in [4.78, 5) is 29.2. The van der Waals surface area contributed by atoms with Crippen molar-refractivity contribution in [2.24, 2.45) is 10.7 Å². The third kappa shape index (κ3) is 3.42. The Labute approximate surface area is 151 Å². The molecule has 3 N–H and O–H groups in total. The second-order valence-electron chi connectivity index (χ2n) is 6.11. The fraction of sp³-hybridized carbons (Fsp3) is 0.471. The second-order valence-corrected chi connectivity index (χ2v) is 6.49. The monoisotopic (exact) mass is 365 g/mol. The minimum absolute atomic E-state index is 0.0668. The maximum absolute atomic E-state index is 12.8. The summed E-state index contributed by atoms with van der Waals surface area (Å²) in [6.45, 7) is 10.6. The normalized spacial score (nSPS) is 16.8. The molecular weight excluding hydrogens is 342 g/mol. The summed E-state index contributed by atoms with van der Waals surface area (Å²) in [5.74, 6) is 0.305. The van der Waals surface area contributed by atoms with Crippen molar-refractivity contribution in [3.05, 3.63) is 32.7 Å². The van der Waals surface area contributed by atoms with Gasteiger partial charge in [-0.1, -0.05) is 11.6 Å². The van der Waals surface area contributed by atoms with E-state index in [0.29, 0.717) is 30.2 Å². The summed E-state index contributed by atoms with van der Waals surface area (Å²) in [5, 5.41) is 3.21. The van der Waals surface area contributed by atoms with E-state index in [2.05, 4.69) is 10.3 Å². The molecule has 1 heterocycles. The molecule has 0 amide bonds. The van der Waals surface area contributed by atoms with Crippen LogP contribution in [0.2, 0.25) is 0 Å². The van der Waals surface area contributed by atoms with Crippen LogP contribution in [0.25, 0.3) is 0 Å². The fourth-order valence-electron chi connectivity index (χ4n) is 2.71. The van der Waals surface area contributed by atoms with Gasteiger partial charge in [-0.3, -0.25) is 14.3 Å². The molecule has 0 spiro atoms. The molecule has 1 aliphatic carbocycles. The van der Waals surface area contributed by atoms with Gasteiger partial charge in [0.1, 0.15) is 5.03 Å². The van der Waals surface area contributed by atoms with Gasteiger partial charge in [-0.2, -0.15) is 0 Å². The Hall–Kier alpha value is -2.28. The molecule has 136 valence electrons. The SMILES string of the molecule is CCn1c(NC(C)C)c(N=C2C=C(C)C(=O)C(Cl)=C2N)c(=O)n1CC. The van der Waals surface area contributed by atoms with E-state index < -0.39 is 0 Å². The first-order valence-corrected chi connectivity index (χ1v) is 8.68. The number of carbonyl (C=O) groups excluding carboxylic acids is 1. The first-order chi connectivity index (χ1) is 11.7. The van der Waals surface area contributed by atoms with Crippen LogP contribution in [0.3, 0.4) is 0 Å². The molecule has 0 atom stereocenters.